The highest BCUT2D eigenvalue weighted by molar-refractivity contribution is 7.12. The highest BCUT2D eigenvalue weighted by Crippen LogP contribution is 2.29. The second-order valence-corrected chi connectivity index (χ2v) is 5.50. The van der Waals surface area contributed by atoms with E-state index in [0.29, 0.717) is 0 Å². The first-order valence-corrected chi connectivity index (χ1v) is 5.54. The fourth-order valence-corrected chi connectivity index (χ4v) is 2.39. The maximum Gasteiger partial charge on any atom is 0.0271 e. The minimum Gasteiger partial charge on any atom is -0.145 e. The number of hydrogen-bond donors (Lipinski definition) is 0. The second kappa shape index (κ2) is 3.80. The Morgan fingerprint density at radius 3 is 2.42 bits per heavy atom. The van der Waals surface area contributed by atoms with Crippen molar-refractivity contribution in [2.45, 2.75) is 32.6 Å². The summed E-state index contributed by atoms with van der Waals surface area (Å²) in [7, 11) is 0. The Kier molecular flexibility index (Phi) is 3.19. The van der Waals surface area contributed by atoms with Gasteiger partial charge in [0.1, 0.15) is 0 Å². The van der Waals surface area contributed by atoms with Crippen LogP contribution in [0.3, 0.4) is 0 Å². The fourth-order valence-electron chi connectivity index (χ4n) is 1.01. The summed E-state index contributed by atoms with van der Waals surface area (Å²) in [4.78, 5) is 2.84. The molecule has 0 bridgehead atoms. The lowest BCUT2D eigenvalue weighted by molar-refractivity contribution is 0.604. The first-order chi connectivity index (χ1) is 5.54. The van der Waals surface area contributed by atoms with Crippen LogP contribution in [0.4, 0.5) is 0 Å². The van der Waals surface area contributed by atoms with E-state index >= 15 is 0 Å². The Labute approximate surface area is 83.6 Å². The lowest BCUT2D eigenvalue weighted by Crippen LogP contribution is -2.07. The minimum atomic E-state index is 0.287. The van der Waals surface area contributed by atoms with Crippen LogP contribution < -0.4 is 0 Å². The van der Waals surface area contributed by atoms with Crippen LogP contribution in [0.2, 0.25) is 0 Å². The van der Waals surface area contributed by atoms with E-state index in [2.05, 4.69) is 32.9 Å². The molecule has 12 heavy (non-hydrogen) atoms. The van der Waals surface area contributed by atoms with Crippen molar-refractivity contribution < 1.29 is 0 Å². The van der Waals surface area contributed by atoms with Gasteiger partial charge in [0.2, 0.25) is 0 Å². The van der Waals surface area contributed by atoms with Crippen molar-refractivity contribution in [1.29, 1.82) is 0 Å². The molecule has 2 heteroatoms. The van der Waals surface area contributed by atoms with Gasteiger partial charge in [-0.15, -0.1) is 22.9 Å². The number of rotatable bonds is 2. The van der Waals surface area contributed by atoms with Gasteiger partial charge in [-0.05, 0) is 24.0 Å². The van der Waals surface area contributed by atoms with Gasteiger partial charge in [-0.2, -0.15) is 0 Å². The van der Waals surface area contributed by atoms with Crippen LogP contribution in [0, 0.1) is 0 Å². The van der Waals surface area contributed by atoms with Gasteiger partial charge in [0.15, 0.2) is 0 Å². The van der Waals surface area contributed by atoms with Gasteiger partial charge < -0.3 is 0 Å². The largest absolute Gasteiger partial charge is 0.145 e. The molecule has 0 aromatic carbocycles. The van der Waals surface area contributed by atoms with E-state index in [4.69, 9.17) is 11.6 Å². The van der Waals surface area contributed by atoms with Gasteiger partial charge >= 0.3 is 0 Å². The quantitative estimate of drug-likeness (QED) is 0.640. The van der Waals surface area contributed by atoms with Crippen molar-refractivity contribution in [3.63, 3.8) is 0 Å². The third-order valence-electron chi connectivity index (χ3n) is 1.74. The van der Waals surface area contributed by atoms with Crippen molar-refractivity contribution in [3.05, 3.63) is 21.9 Å². The fraction of sp³-hybridized carbons (Fsp3) is 0.600. The Morgan fingerprint density at radius 1 is 1.33 bits per heavy atom. The van der Waals surface area contributed by atoms with Gasteiger partial charge in [0.05, 0.1) is 0 Å². The normalized spacial score (nSPS) is 12.0. The summed E-state index contributed by atoms with van der Waals surface area (Å²) in [5.74, 6) is 0.726. The third kappa shape index (κ3) is 2.49. The molecule has 1 aromatic heterocycles. The number of thiophene rings is 1. The predicted molar refractivity (Wildman–Crippen MR) is 57.4 cm³/mol. The lowest BCUT2D eigenvalue weighted by atomic mass is 9.95. The molecule has 0 N–H and O–H groups in total. The van der Waals surface area contributed by atoms with Crippen LogP contribution >= 0.6 is 22.9 Å². The molecule has 1 rings (SSSR count). The van der Waals surface area contributed by atoms with E-state index in [1.54, 1.807) is 0 Å². The molecule has 0 unspecified atom stereocenters. The molecule has 0 amide bonds. The van der Waals surface area contributed by atoms with E-state index in [-0.39, 0.29) is 5.41 Å². The maximum atomic E-state index is 5.67. The minimum absolute atomic E-state index is 0.287. The van der Waals surface area contributed by atoms with Crippen LogP contribution in [0.5, 0.6) is 0 Å². The molecular formula is C10H15ClS. The zero-order chi connectivity index (χ0) is 9.19. The molecule has 0 saturated carbocycles. The molecule has 0 aliphatic rings. The highest BCUT2D eigenvalue weighted by Gasteiger charge is 2.15. The first-order valence-electron chi connectivity index (χ1n) is 4.19. The lowest BCUT2D eigenvalue weighted by Gasteiger charge is -2.15. The number of hydrogen-bond acceptors (Lipinski definition) is 1. The summed E-state index contributed by atoms with van der Waals surface area (Å²) in [6.45, 7) is 6.72. The Balaban J connectivity index is 2.77. The standard InChI is InChI=1S/C10H15ClS/c1-10(2,3)9-5-4-8(12-9)6-7-11/h4-5H,6-7H2,1-3H3. The Hall–Kier alpha value is -0.0100. The summed E-state index contributed by atoms with van der Waals surface area (Å²) in [5, 5.41) is 0. The van der Waals surface area contributed by atoms with Gasteiger partial charge in [-0.25, -0.2) is 0 Å². The zero-order valence-electron chi connectivity index (χ0n) is 7.86. The average Bonchev–Trinajstić information content (AvgIpc) is 2.35. The van der Waals surface area contributed by atoms with Crippen LogP contribution in [0.1, 0.15) is 30.5 Å². The second-order valence-electron chi connectivity index (χ2n) is 3.95. The van der Waals surface area contributed by atoms with E-state index < -0.39 is 0 Å². The molecule has 0 radical (unpaired) electrons. The molecule has 0 saturated heterocycles. The van der Waals surface area contributed by atoms with Crippen molar-refractivity contribution in [3.8, 4) is 0 Å². The van der Waals surface area contributed by atoms with Crippen LogP contribution in [0.25, 0.3) is 0 Å². The van der Waals surface area contributed by atoms with Crippen LogP contribution in [0.15, 0.2) is 12.1 Å². The van der Waals surface area contributed by atoms with Gasteiger partial charge in [0, 0.05) is 15.6 Å². The number of halogens is 1. The van der Waals surface area contributed by atoms with E-state index in [9.17, 15) is 0 Å². The smallest absolute Gasteiger partial charge is 0.0271 e. The molecule has 0 spiro atoms. The maximum absolute atomic E-state index is 5.67. The molecule has 0 fully saturated rings. The van der Waals surface area contributed by atoms with Crippen molar-refractivity contribution in [1.82, 2.24) is 0 Å². The summed E-state index contributed by atoms with van der Waals surface area (Å²) >= 11 is 7.55. The average molecular weight is 203 g/mol. The molecule has 0 aliphatic heterocycles. The van der Waals surface area contributed by atoms with Crippen molar-refractivity contribution in [2.75, 3.05) is 5.88 Å². The summed E-state index contributed by atoms with van der Waals surface area (Å²) in [6.07, 6.45) is 1.00. The van der Waals surface area contributed by atoms with Crippen molar-refractivity contribution in [2.24, 2.45) is 0 Å². The van der Waals surface area contributed by atoms with E-state index in [1.807, 2.05) is 11.3 Å². The summed E-state index contributed by atoms with van der Waals surface area (Å²) in [5.41, 5.74) is 0.287. The zero-order valence-corrected chi connectivity index (χ0v) is 9.43. The molecular weight excluding hydrogens is 188 g/mol. The van der Waals surface area contributed by atoms with Crippen LogP contribution in [-0.4, -0.2) is 5.88 Å². The molecule has 0 nitrogen and oxygen atoms in total. The van der Waals surface area contributed by atoms with Crippen LogP contribution in [-0.2, 0) is 11.8 Å². The number of aryl methyl sites for hydroxylation is 1. The monoisotopic (exact) mass is 202 g/mol. The SMILES string of the molecule is CC(C)(C)c1ccc(CCCl)s1. The molecule has 0 atom stereocenters. The predicted octanol–water partition coefficient (Wildman–Crippen LogP) is 3.83. The summed E-state index contributed by atoms with van der Waals surface area (Å²) < 4.78 is 0. The Bertz CT molecular complexity index is 245. The van der Waals surface area contributed by atoms with Gasteiger partial charge in [-0.1, -0.05) is 20.8 Å². The van der Waals surface area contributed by atoms with E-state index in [0.717, 1.165) is 12.3 Å². The van der Waals surface area contributed by atoms with Crippen molar-refractivity contribution >= 4 is 22.9 Å². The highest BCUT2D eigenvalue weighted by atomic mass is 35.5. The topological polar surface area (TPSA) is 0 Å². The number of alkyl halides is 1. The molecule has 1 heterocycles. The van der Waals surface area contributed by atoms with Gasteiger partial charge in [-0.3, -0.25) is 0 Å². The Morgan fingerprint density at radius 2 is 2.00 bits per heavy atom. The summed E-state index contributed by atoms with van der Waals surface area (Å²) in [6, 6.07) is 4.40. The van der Waals surface area contributed by atoms with E-state index in [1.165, 1.54) is 9.75 Å². The van der Waals surface area contributed by atoms with Gasteiger partial charge in [0.25, 0.3) is 0 Å². The third-order valence-corrected chi connectivity index (χ3v) is 3.50. The molecule has 0 aliphatic carbocycles. The molecule has 1 aromatic rings. The molecule has 68 valence electrons. The first kappa shape index (κ1) is 10.1.